The van der Waals surface area contributed by atoms with Crippen LogP contribution in [-0.4, -0.2) is 18.1 Å². The molecule has 0 aliphatic heterocycles. The summed E-state index contributed by atoms with van der Waals surface area (Å²) in [6.07, 6.45) is 0.277. The molecule has 0 saturated heterocycles. The molecule has 116 valence electrons. The van der Waals surface area contributed by atoms with Gasteiger partial charge >= 0.3 is 0 Å². The average Bonchev–Trinajstić information content (AvgIpc) is 2.51. The van der Waals surface area contributed by atoms with Gasteiger partial charge in [-0.15, -0.1) is 0 Å². The Morgan fingerprint density at radius 3 is 2.45 bits per heavy atom. The molecular weight excluding hydrogens is 278 g/mol. The van der Waals surface area contributed by atoms with Gasteiger partial charge in [0.05, 0.1) is 20.1 Å². The van der Waals surface area contributed by atoms with Gasteiger partial charge in [-0.3, -0.25) is 4.79 Å². The third kappa shape index (κ3) is 3.86. The van der Waals surface area contributed by atoms with Crippen molar-refractivity contribution >= 4 is 11.6 Å². The number of carbonyl (C=O) groups is 1. The molecule has 0 bridgehead atoms. The Bertz CT molecular complexity index is 680. The SMILES string of the molecule is COc1cc(CC(=O)Nc2cc(CO)ccc2C)ccc1C. The Balaban J connectivity index is 2.10. The standard InChI is InChI=1S/C18H21NO3/c1-12-4-7-15(11-20)8-16(12)19-18(21)10-14-6-5-13(2)17(9-14)22-3/h4-9,20H,10-11H2,1-3H3,(H,19,21). The lowest BCUT2D eigenvalue weighted by Crippen LogP contribution is -2.15. The normalized spacial score (nSPS) is 10.4. The van der Waals surface area contributed by atoms with Gasteiger partial charge in [0.25, 0.3) is 0 Å². The molecule has 0 aliphatic carbocycles. The number of aliphatic hydroxyl groups excluding tert-OH is 1. The second-order valence-corrected chi connectivity index (χ2v) is 5.34. The summed E-state index contributed by atoms with van der Waals surface area (Å²) >= 11 is 0. The summed E-state index contributed by atoms with van der Waals surface area (Å²) in [5, 5.41) is 12.1. The minimum absolute atomic E-state index is 0.0433. The average molecular weight is 299 g/mol. The smallest absolute Gasteiger partial charge is 0.228 e. The Labute approximate surface area is 130 Å². The maximum absolute atomic E-state index is 12.2. The largest absolute Gasteiger partial charge is 0.496 e. The number of carbonyl (C=O) groups excluding carboxylic acids is 1. The first kappa shape index (κ1) is 16.0. The number of hydrogen-bond donors (Lipinski definition) is 2. The third-order valence-corrected chi connectivity index (χ3v) is 3.60. The molecule has 2 aromatic carbocycles. The van der Waals surface area contributed by atoms with Crippen LogP contribution in [0.4, 0.5) is 5.69 Å². The molecule has 4 nitrogen and oxygen atoms in total. The van der Waals surface area contributed by atoms with Crippen LogP contribution < -0.4 is 10.1 Å². The van der Waals surface area contributed by atoms with Crippen LogP contribution in [0.15, 0.2) is 36.4 Å². The summed E-state index contributed by atoms with van der Waals surface area (Å²) in [4.78, 5) is 12.2. The lowest BCUT2D eigenvalue weighted by Gasteiger charge is -2.11. The summed E-state index contributed by atoms with van der Waals surface area (Å²) in [6.45, 7) is 3.84. The van der Waals surface area contributed by atoms with Gasteiger partial charge in [0.2, 0.25) is 5.91 Å². The van der Waals surface area contributed by atoms with E-state index in [1.807, 2.05) is 44.2 Å². The van der Waals surface area contributed by atoms with E-state index in [9.17, 15) is 9.90 Å². The molecular formula is C18H21NO3. The monoisotopic (exact) mass is 299 g/mol. The van der Waals surface area contributed by atoms with Crippen LogP contribution in [0, 0.1) is 13.8 Å². The van der Waals surface area contributed by atoms with Gasteiger partial charge in [-0.05, 0) is 48.2 Å². The van der Waals surface area contributed by atoms with Crippen LogP contribution in [0.1, 0.15) is 22.3 Å². The summed E-state index contributed by atoms with van der Waals surface area (Å²) < 4.78 is 5.28. The zero-order chi connectivity index (χ0) is 16.1. The number of anilines is 1. The quantitative estimate of drug-likeness (QED) is 0.892. The summed E-state index contributed by atoms with van der Waals surface area (Å²) in [6, 6.07) is 11.3. The van der Waals surface area contributed by atoms with E-state index in [0.717, 1.165) is 33.7 Å². The topological polar surface area (TPSA) is 58.6 Å². The Hall–Kier alpha value is -2.33. The van der Waals surface area contributed by atoms with E-state index in [-0.39, 0.29) is 18.9 Å². The third-order valence-electron chi connectivity index (χ3n) is 3.60. The number of methoxy groups -OCH3 is 1. The van der Waals surface area contributed by atoms with E-state index in [2.05, 4.69) is 5.32 Å². The highest BCUT2D eigenvalue weighted by Crippen LogP contribution is 2.20. The Morgan fingerprint density at radius 1 is 1.09 bits per heavy atom. The first-order chi connectivity index (χ1) is 10.5. The van der Waals surface area contributed by atoms with Crippen LogP contribution in [0.2, 0.25) is 0 Å². The molecule has 0 atom stereocenters. The van der Waals surface area contributed by atoms with Gasteiger partial charge in [0, 0.05) is 5.69 Å². The molecule has 0 unspecified atom stereocenters. The molecule has 0 radical (unpaired) electrons. The number of aliphatic hydroxyl groups is 1. The fourth-order valence-corrected chi connectivity index (χ4v) is 2.26. The van der Waals surface area contributed by atoms with Crippen molar-refractivity contribution in [2.75, 3.05) is 12.4 Å². The number of rotatable bonds is 5. The predicted octanol–water partition coefficient (Wildman–Crippen LogP) is 2.99. The second-order valence-electron chi connectivity index (χ2n) is 5.34. The van der Waals surface area contributed by atoms with E-state index in [1.54, 1.807) is 13.2 Å². The van der Waals surface area contributed by atoms with Gasteiger partial charge in [0.15, 0.2) is 0 Å². The fraction of sp³-hybridized carbons (Fsp3) is 0.278. The van der Waals surface area contributed by atoms with E-state index in [1.165, 1.54) is 0 Å². The number of benzene rings is 2. The molecule has 0 aliphatic rings. The lowest BCUT2D eigenvalue weighted by atomic mass is 10.1. The maximum atomic E-state index is 12.2. The van der Waals surface area contributed by atoms with Crippen molar-refractivity contribution in [1.29, 1.82) is 0 Å². The lowest BCUT2D eigenvalue weighted by molar-refractivity contribution is -0.115. The van der Waals surface area contributed by atoms with E-state index >= 15 is 0 Å². The van der Waals surface area contributed by atoms with E-state index < -0.39 is 0 Å². The van der Waals surface area contributed by atoms with Crippen molar-refractivity contribution in [1.82, 2.24) is 0 Å². The zero-order valence-electron chi connectivity index (χ0n) is 13.1. The zero-order valence-corrected chi connectivity index (χ0v) is 13.1. The van der Waals surface area contributed by atoms with Crippen LogP contribution in [0.5, 0.6) is 5.75 Å². The molecule has 0 saturated carbocycles. The van der Waals surface area contributed by atoms with Crippen LogP contribution in [0.25, 0.3) is 0 Å². The summed E-state index contributed by atoms with van der Waals surface area (Å²) in [5.74, 6) is 0.688. The molecule has 4 heteroatoms. The van der Waals surface area contributed by atoms with Crippen LogP contribution in [-0.2, 0) is 17.8 Å². The number of ether oxygens (including phenoxy) is 1. The molecule has 2 rings (SSSR count). The van der Waals surface area contributed by atoms with Gasteiger partial charge in [-0.1, -0.05) is 24.3 Å². The second kappa shape index (κ2) is 7.09. The predicted molar refractivity (Wildman–Crippen MR) is 87.2 cm³/mol. The first-order valence-electron chi connectivity index (χ1n) is 7.17. The molecule has 0 spiro atoms. The molecule has 0 fully saturated rings. The summed E-state index contributed by atoms with van der Waals surface area (Å²) in [5.41, 5.74) is 4.41. The number of hydrogen-bond acceptors (Lipinski definition) is 3. The van der Waals surface area contributed by atoms with Gasteiger partial charge < -0.3 is 15.2 Å². The number of nitrogens with one attached hydrogen (secondary N) is 1. The van der Waals surface area contributed by atoms with Gasteiger partial charge in [0.1, 0.15) is 5.75 Å². The first-order valence-corrected chi connectivity index (χ1v) is 7.17. The Kier molecular flexibility index (Phi) is 5.17. The van der Waals surface area contributed by atoms with Crippen molar-refractivity contribution in [3.8, 4) is 5.75 Å². The Morgan fingerprint density at radius 2 is 1.77 bits per heavy atom. The van der Waals surface area contributed by atoms with Crippen molar-refractivity contribution in [2.45, 2.75) is 26.9 Å². The molecule has 22 heavy (non-hydrogen) atoms. The molecule has 0 heterocycles. The van der Waals surface area contributed by atoms with E-state index in [0.29, 0.717) is 0 Å². The van der Waals surface area contributed by atoms with Crippen LogP contribution >= 0.6 is 0 Å². The van der Waals surface area contributed by atoms with E-state index in [4.69, 9.17) is 4.74 Å². The summed E-state index contributed by atoms with van der Waals surface area (Å²) in [7, 11) is 1.62. The van der Waals surface area contributed by atoms with Crippen molar-refractivity contribution < 1.29 is 14.6 Å². The van der Waals surface area contributed by atoms with Crippen molar-refractivity contribution in [3.63, 3.8) is 0 Å². The minimum atomic E-state index is -0.0934. The van der Waals surface area contributed by atoms with Crippen molar-refractivity contribution in [2.24, 2.45) is 0 Å². The van der Waals surface area contributed by atoms with Crippen molar-refractivity contribution in [3.05, 3.63) is 58.7 Å². The molecule has 0 aromatic heterocycles. The number of aryl methyl sites for hydroxylation is 2. The van der Waals surface area contributed by atoms with Crippen LogP contribution in [0.3, 0.4) is 0 Å². The highest BCUT2D eigenvalue weighted by atomic mass is 16.5. The molecule has 1 amide bonds. The van der Waals surface area contributed by atoms with Gasteiger partial charge in [-0.2, -0.15) is 0 Å². The molecule has 2 N–H and O–H groups in total. The highest BCUT2D eigenvalue weighted by molar-refractivity contribution is 5.93. The minimum Gasteiger partial charge on any atom is -0.496 e. The molecule has 2 aromatic rings. The maximum Gasteiger partial charge on any atom is 0.228 e. The number of amides is 1. The van der Waals surface area contributed by atoms with Gasteiger partial charge in [-0.25, -0.2) is 0 Å². The fourth-order valence-electron chi connectivity index (χ4n) is 2.26. The highest BCUT2D eigenvalue weighted by Gasteiger charge is 2.08.